The monoisotopic (exact) mass is 688 g/mol. The fraction of sp³-hybridized carbons (Fsp3) is 0.323. The van der Waals surface area contributed by atoms with Crippen molar-refractivity contribution in [3.8, 4) is 16.9 Å². The number of aromatic nitrogens is 6. The molecule has 12 nitrogen and oxygen atoms in total. The van der Waals surface area contributed by atoms with Gasteiger partial charge < -0.3 is 29.7 Å². The zero-order chi connectivity index (χ0) is 31.5. The van der Waals surface area contributed by atoms with Gasteiger partial charge in [-0.05, 0) is 54.5 Å². The number of likely N-dealkylation sites (tertiary alicyclic amines) is 1. The smallest absolute Gasteiger partial charge is 0.229 e. The van der Waals surface area contributed by atoms with Crippen molar-refractivity contribution in [2.45, 2.75) is 12.5 Å². The van der Waals surface area contributed by atoms with Gasteiger partial charge in [0, 0.05) is 80.8 Å². The van der Waals surface area contributed by atoms with Crippen LogP contribution in [0, 0.1) is 0 Å². The van der Waals surface area contributed by atoms with Crippen molar-refractivity contribution < 1.29 is 9.30 Å². The van der Waals surface area contributed by atoms with Crippen molar-refractivity contribution in [1.82, 2.24) is 34.6 Å². The average Bonchev–Trinajstić information content (AvgIpc) is 3.30. The third-order valence-electron chi connectivity index (χ3n) is 8.29. The van der Waals surface area contributed by atoms with Gasteiger partial charge >= 0.3 is 0 Å². The minimum atomic E-state index is -2.75. The van der Waals surface area contributed by atoms with Crippen LogP contribution >= 0.6 is 23.1 Å². The van der Waals surface area contributed by atoms with Gasteiger partial charge in [-0.2, -0.15) is 10.1 Å². The summed E-state index contributed by atoms with van der Waals surface area (Å²) in [7, 11) is 3.03. The predicted molar refractivity (Wildman–Crippen MR) is 182 cm³/mol. The topological polar surface area (TPSA) is 126 Å². The van der Waals surface area contributed by atoms with Crippen LogP contribution in [0.5, 0.6) is 5.75 Å². The van der Waals surface area contributed by atoms with E-state index in [9.17, 15) is 4.57 Å². The maximum absolute atomic E-state index is 13.4. The number of hydrogen-bond donors (Lipinski definition) is 2. The number of fused-ring (bicyclic) bond motifs is 4. The molecule has 0 unspecified atom stereocenters. The van der Waals surface area contributed by atoms with Crippen molar-refractivity contribution in [3.63, 3.8) is 0 Å². The molecule has 7 rings (SSSR count). The van der Waals surface area contributed by atoms with E-state index in [2.05, 4.69) is 76.7 Å². The fourth-order valence-electron chi connectivity index (χ4n) is 6.25. The lowest BCUT2D eigenvalue weighted by Gasteiger charge is -2.45. The second-order valence-electron chi connectivity index (χ2n) is 11.9. The zero-order valence-corrected chi connectivity index (χ0v) is 28.2. The van der Waals surface area contributed by atoms with Gasteiger partial charge in [0.1, 0.15) is 24.2 Å². The van der Waals surface area contributed by atoms with Gasteiger partial charge in [-0.15, -0.1) is 0 Å². The molecular weight excluding hydrogens is 655 g/mol. The molecule has 2 aromatic carbocycles. The molecule has 14 heteroatoms. The van der Waals surface area contributed by atoms with Gasteiger partial charge in [-0.25, -0.2) is 4.98 Å². The lowest BCUT2D eigenvalue weighted by molar-refractivity contribution is 0.183. The number of nitrogens with zero attached hydrogens (tertiary/aromatic N) is 8. The molecule has 1 saturated heterocycles. The highest BCUT2D eigenvalue weighted by atomic mass is 79.9. The summed E-state index contributed by atoms with van der Waals surface area (Å²) in [6.07, 6.45) is 7.87. The Hall–Kier alpha value is -4.06. The van der Waals surface area contributed by atoms with E-state index in [1.807, 2.05) is 23.9 Å². The van der Waals surface area contributed by atoms with E-state index in [0.29, 0.717) is 50.1 Å². The molecule has 0 amide bonds. The highest BCUT2D eigenvalue weighted by Crippen LogP contribution is 2.45. The number of methoxy groups -OCH3 is 1. The molecule has 3 aromatic heterocycles. The van der Waals surface area contributed by atoms with Gasteiger partial charge in [0.2, 0.25) is 5.95 Å². The zero-order valence-electron chi connectivity index (χ0n) is 25.7. The number of halogens is 1. The molecule has 45 heavy (non-hydrogen) atoms. The molecule has 0 saturated carbocycles. The lowest BCUT2D eigenvalue weighted by Crippen LogP contribution is -2.58. The first-order valence-corrected chi connectivity index (χ1v) is 18.0. The summed E-state index contributed by atoms with van der Waals surface area (Å²) in [5, 5.41) is 12.2. The molecule has 2 aliphatic heterocycles. The molecule has 0 atom stereocenters. The minimum Gasteiger partial charge on any atom is -0.494 e. The number of rotatable bonds is 7. The number of hydrogen-bond acceptors (Lipinski definition) is 11. The fourth-order valence-corrected chi connectivity index (χ4v) is 7.94. The summed E-state index contributed by atoms with van der Waals surface area (Å²) in [5.74, 6) is 1.57. The molecular formula is C31H34BrN10O2P. The van der Waals surface area contributed by atoms with Crippen LogP contribution in [-0.2, 0) is 18.0 Å². The Kier molecular flexibility index (Phi) is 7.50. The van der Waals surface area contributed by atoms with E-state index in [1.54, 1.807) is 39.0 Å². The summed E-state index contributed by atoms with van der Waals surface area (Å²) in [6, 6.07) is 8.37. The summed E-state index contributed by atoms with van der Waals surface area (Å²) in [4.78, 5) is 23.1. The largest absolute Gasteiger partial charge is 0.494 e. The van der Waals surface area contributed by atoms with E-state index in [-0.39, 0.29) is 0 Å². The first-order valence-electron chi connectivity index (χ1n) is 14.6. The Morgan fingerprint density at radius 1 is 1.02 bits per heavy atom. The molecule has 2 N–H and O–H groups in total. The Labute approximate surface area is 269 Å². The number of aryl methyl sites for hydroxylation is 1. The quantitative estimate of drug-likeness (QED) is 0.224. The number of likely N-dealkylation sites (N-methyl/N-ethyl adjacent to an activating group) is 1. The normalized spacial score (nSPS) is 15.3. The first kappa shape index (κ1) is 29.6. The maximum atomic E-state index is 13.4. The Balaban J connectivity index is 1.27. The Bertz CT molecular complexity index is 1990. The molecule has 5 aromatic rings. The van der Waals surface area contributed by atoms with Crippen molar-refractivity contribution in [1.29, 1.82) is 0 Å². The van der Waals surface area contributed by atoms with Crippen molar-refractivity contribution >= 4 is 68.2 Å². The Morgan fingerprint density at radius 2 is 1.82 bits per heavy atom. The number of benzene rings is 2. The molecule has 0 radical (unpaired) electrons. The van der Waals surface area contributed by atoms with Crippen LogP contribution in [0.15, 0.2) is 53.5 Å². The summed E-state index contributed by atoms with van der Waals surface area (Å²) >= 11 is 3.59. The predicted octanol–water partition coefficient (Wildman–Crippen LogP) is 5.00. The first-order chi connectivity index (χ1) is 21.6. The van der Waals surface area contributed by atoms with Crippen molar-refractivity contribution in [2.24, 2.45) is 7.05 Å². The van der Waals surface area contributed by atoms with Crippen LogP contribution in [0.2, 0.25) is 0 Å². The SMILES string of the molecule is COc1cc2c(cc1Nc1ncc(Br)c(Nc3ccc4nccnc4c3P(C)(C)=O)n1)-c1cn(C)nc1CCN2C1CN(C)C1. The van der Waals surface area contributed by atoms with Crippen LogP contribution in [-0.4, -0.2) is 87.8 Å². The van der Waals surface area contributed by atoms with Crippen LogP contribution < -0.4 is 25.6 Å². The second kappa shape index (κ2) is 11.4. The number of ether oxygens (including phenoxy) is 1. The van der Waals surface area contributed by atoms with Gasteiger partial charge in [-0.1, -0.05) is 0 Å². The maximum Gasteiger partial charge on any atom is 0.229 e. The third-order valence-corrected chi connectivity index (χ3v) is 10.4. The van der Waals surface area contributed by atoms with E-state index in [1.165, 1.54) is 0 Å². The summed E-state index contributed by atoms with van der Waals surface area (Å²) < 4.78 is 21.9. The van der Waals surface area contributed by atoms with Gasteiger partial charge in [0.25, 0.3) is 0 Å². The van der Waals surface area contributed by atoms with Gasteiger partial charge in [-0.3, -0.25) is 14.6 Å². The van der Waals surface area contributed by atoms with E-state index in [4.69, 9.17) is 14.8 Å². The second-order valence-corrected chi connectivity index (χ2v) is 15.9. The number of anilines is 5. The van der Waals surface area contributed by atoms with Crippen LogP contribution in [0.3, 0.4) is 0 Å². The highest BCUT2D eigenvalue weighted by molar-refractivity contribution is 9.10. The molecule has 1 fully saturated rings. The molecule has 232 valence electrons. The van der Waals surface area contributed by atoms with Crippen LogP contribution in [0.1, 0.15) is 5.69 Å². The lowest BCUT2D eigenvalue weighted by atomic mass is 10.0. The molecule has 2 aliphatic rings. The summed E-state index contributed by atoms with van der Waals surface area (Å²) in [5.41, 5.74) is 7.09. The van der Waals surface area contributed by atoms with Crippen molar-refractivity contribution in [3.05, 3.63) is 59.2 Å². The van der Waals surface area contributed by atoms with Gasteiger partial charge in [0.05, 0.1) is 45.5 Å². The van der Waals surface area contributed by atoms with Crippen LogP contribution in [0.25, 0.3) is 22.2 Å². The summed E-state index contributed by atoms with van der Waals surface area (Å²) in [6.45, 7) is 6.39. The number of nitrogens with one attached hydrogen (secondary N) is 2. The van der Waals surface area contributed by atoms with E-state index < -0.39 is 7.14 Å². The molecule has 5 heterocycles. The van der Waals surface area contributed by atoms with Crippen molar-refractivity contribution in [2.75, 3.05) is 62.7 Å². The van der Waals surface area contributed by atoms with Gasteiger partial charge in [0.15, 0.2) is 0 Å². The third kappa shape index (κ3) is 5.53. The average molecular weight is 690 g/mol. The van der Waals surface area contributed by atoms with Crippen LogP contribution in [0.4, 0.5) is 28.8 Å². The highest BCUT2D eigenvalue weighted by Gasteiger charge is 2.34. The minimum absolute atomic E-state index is 0.370. The van der Waals surface area contributed by atoms with E-state index in [0.717, 1.165) is 54.3 Å². The Morgan fingerprint density at radius 3 is 2.58 bits per heavy atom. The standard InChI is InChI=1S/C31H34BrN10O2P/c1-40-15-18(16-40)42-11-8-22-20(17-41(2)39-22)19-12-25(27(44-3)13-26(19)42)37-31-35-14-21(32)30(38-31)36-24-7-6-23-28(34-10-9-33-23)29(24)45(4,5)43/h6-7,9-10,12-14,17-18H,8,11,15-16H2,1-5H3,(H2,35,36,37,38). The molecule has 0 spiro atoms. The molecule has 0 bridgehead atoms. The molecule has 0 aliphatic carbocycles. The van der Waals surface area contributed by atoms with E-state index >= 15 is 0 Å².